The van der Waals surface area contributed by atoms with Gasteiger partial charge in [0.05, 0.1) is 22.7 Å². The number of aromatic hydroxyl groups is 1. The molecule has 0 heterocycles. The molecule has 0 aliphatic heterocycles. The number of nitrogens with two attached hydrogens (primary N) is 1. The van der Waals surface area contributed by atoms with Crippen molar-refractivity contribution in [2.75, 3.05) is 5.73 Å². The van der Waals surface area contributed by atoms with E-state index in [-0.39, 0.29) is 11.3 Å². The van der Waals surface area contributed by atoms with E-state index in [1.807, 2.05) is 74.5 Å². The molecule has 0 saturated heterocycles. The van der Waals surface area contributed by atoms with Crippen LogP contribution in [0.5, 0.6) is 5.75 Å². The molecule has 174 valence electrons. The summed E-state index contributed by atoms with van der Waals surface area (Å²) < 4.78 is 0. The molecule has 0 atom stereocenters. The molecule has 0 spiro atoms. The van der Waals surface area contributed by atoms with Crippen molar-refractivity contribution < 1.29 is 15.0 Å². The van der Waals surface area contributed by atoms with E-state index in [1.165, 1.54) is 18.2 Å². The number of carbonyl (C=O) groups is 1. The molecule has 0 bridgehead atoms. The first-order chi connectivity index (χ1) is 16.8. The topological polar surface area (TPSA) is 133 Å². The number of carboxylic acid groups (broad SMARTS) is 1. The van der Waals surface area contributed by atoms with E-state index in [4.69, 9.17) is 10.8 Å². The van der Waals surface area contributed by atoms with Crippen LogP contribution in [0.2, 0.25) is 0 Å². The maximum absolute atomic E-state index is 11.1. The maximum Gasteiger partial charge on any atom is 0.339 e. The summed E-state index contributed by atoms with van der Waals surface area (Å²) in [5.41, 5.74) is 12.9. The Labute approximate surface area is 202 Å². The Morgan fingerprint density at radius 2 is 1.20 bits per heavy atom. The summed E-state index contributed by atoms with van der Waals surface area (Å²) in [6, 6.07) is 23.1. The third-order valence-corrected chi connectivity index (χ3v) is 5.42. The van der Waals surface area contributed by atoms with E-state index in [2.05, 4.69) is 20.5 Å². The zero-order valence-electron chi connectivity index (χ0n) is 19.2. The number of anilines is 1. The number of hydrogen-bond donors (Lipinski definition) is 3. The molecule has 4 aromatic rings. The number of azo groups is 2. The number of nitrogen functional groups attached to an aromatic ring is 1. The second-order valence-electron chi connectivity index (χ2n) is 8.00. The highest BCUT2D eigenvalue weighted by Gasteiger charge is 2.10. The molecule has 4 N–H and O–H groups in total. The van der Waals surface area contributed by atoms with Gasteiger partial charge in [-0.1, -0.05) is 24.3 Å². The summed E-state index contributed by atoms with van der Waals surface area (Å²) in [4.78, 5) is 11.1. The van der Waals surface area contributed by atoms with Crippen molar-refractivity contribution in [1.82, 2.24) is 0 Å². The van der Waals surface area contributed by atoms with Crippen LogP contribution in [0.4, 0.5) is 28.4 Å². The number of carboxylic acids is 1. The Bertz CT molecular complexity index is 1440. The zero-order chi connectivity index (χ0) is 24.9. The Hall–Kier alpha value is -4.85. The van der Waals surface area contributed by atoms with E-state index in [0.29, 0.717) is 11.4 Å². The Morgan fingerprint density at radius 3 is 1.77 bits per heavy atom. The van der Waals surface area contributed by atoms with Crippen LogP contribution < -0.4 is 5.73 Å². The number of hydrogen-bond acceptors (Lipinski definition) is 7. The van der Waals surface area contributed by atoms with Gasteiger partial charge in [0, 0.05) is 5.69 Å². The van der Waals surface area contributed by atoms with Gasteiger partial charge >= 0.3 is 5.97 Å². The molecular formula is C27H23N5O3. The average molecular weight is 466 g/mol. The number of rotatable bonds is 6. The van der Waals surface area contributed by atoms with Gasteiger partial charge in [-0.25, -0.2) is 4.79 Å². The maximum atomic E-state index is 11.1. The number of aryl methyl sites for hydroxylation is 2. The molecule has 35 heavy (non-hydrogen) atoms. The van der Waals surface area contributed by atoms with Crippen molar-refractivity contribution in [1.29, 1.82) is 0 Å². The molecule has 4 aromatic carbocycles. The lowest BCUT2D eigenvalue weighted by Gasteiger charge is -2.05. The zero-order valence-corrected chi connectivity index (χ0v) is 19.2. The minimum absolute atomic E-state index is 0.224. The smallest absolute Gasteiger partial charge is 0.339 e. The van der Waals surface area contributed by atoms with Crippen molar-refractivity contribution >= 4 is 34.4 Å². The summed E-state index contributed by atoms with van der Waals surface area (Å²) in [5.74, 6) is -1.55. The quantitative estimate of drug-likeness (QED) is 0.198. The van der Waals surface area contributed by atoms with Crippen molar-refractivity contribution in [2.24, 2.45) is 20.5 Å². The van der Waals surface area contributed by atoms with Gasteiger partial charge in [-0.15, -0.1) is 0 Å². The minimum Gasteiger partial charge on any atom is -0.507 e. The fourth-order valence-electron chi connectivity index (χ4n) is 3.36. The molecule has 0 aliphatic carbocycles. The molecule has 0 aliphatic rings. The average Bonchev–Trinajstić information content (AvgIpc) is 2.85. The van der Waals surface area contributed by atoms with E-state index < -0.39 is 5.97 Å². The SMILES string of the molecule is Cc1cc(N=Nc2ccc(-c3ccc(N=Nc4ccc(O)c(C(=O)O)c4)cc3)cc2)c(C)cc1N. The van der Waals surface area contributed by atoms with Crippen molar-refractivity contribution in [3.8, 4) is 16.9 Å². The van der Waals surface area contributed by atoms with Gasteiger partial charge in [-0.05, 0) is 90.7 Å². The van der Waals surface area contributed by atoms with E-state index in [9.17, 15) is 9.90 Å². The second kappa shape index (κ2) is 9.96. The lowest BCUT2D eigenvalue weighted by Crippen LogP contribution is -1.95. The van der Waals surface area contributed by atoms with E-state index >= 15 is 0 Å². The lowest BCUT2D eigenvalue weighted by molar-refractivity contribution is 0.0693. The van der Waals surface area contributed by atoms with E-state index in [0.717, 1.165) is 39.3 Å². The van der Waals surface area contributed by atoms with Crippen LogP contribution >= 0.6 is 0 Å². The van der Waals surface area contributed by atoms with Gasteiger partial charge in [0.15, 0.2) is 0 Å². The highest BCUT2D eigenvalue weighted by Crippen LogP contribution is 2.29. The monoisotopic (exact) mass is 465 g/mol. The standard InChI is InChI=1S/C27H23N5O3/c1-16-14-25(17(2)13-24(16)28)32-30-21-9-5-19(6-10-21)18-3-7-20(8-4-18)29-31-22-11-12-26(33)23(15-22)27(34)35/h3-15,33H,28H2,1-2H3,(H,34,35). The van der Waals surface area contributed by atoms with Crippen molar-refractivity contribution in [2.45, 2.75) is 13.8 Å². The first-order valence-electron chi connectivity index (χ1n) is 10.8. The van der Waals surface area contributed by atoms with Gasteiger partial charge in [0.2, 0.25) is 0 Å². The van der Waals surface area contributed by atoms with Crippen molar-refractivity contribution in [3.05, 3.63) is 95.6 Å². The second-order valence-corrected chi connectivity index (χ2v) is 8.00. The molecule has 0 amide bonds. The van der Waals surface area contributed by atoms with Gasteiger partial charge in [0.25, 0.3) is 0 Å². The molecule has 4 rings (SSSR count). The fraction of sp³-hybridized carbons (Fsp3) is 0.0741. The first kappa shape index (κ1) is 23.3. The molecule has 8 heteroatoms. The largest absolute Gasteiger partial charge is 0.507 e. The molecule has 0 saturated carbocycles. The van der Waals surface area contributed by atoms with Crippen LogP contribution in [0.3, 0.4) is 0 Å². The summed E-state index contributed by atoms with van der Waals surface area (Å²) in [7, 11) is 0. The number of benzene rings is 4. The molecule has 0 radical (unpaired) electrons. The van der Waals surface area contributed by atoms with Gasteiger partial charge < -0.3 is 15.9 Å². The number of phenols is 1. The minimum atomic E-state index is -1.23. The van der Waals surface area contributed by atoms with Crippen LogP contribution in [-0.4, -0.2) is 16.2 Å². The third-order valence-electron chi connectivity index (χ3n) is 5.42. The first-order valence-corrected chi connectivity index (χ1v) is 10.8. The third kappa shape index (κ3) is 5.56. The highest BCUT2D eigenvalue weighted by molar-refractivity contribution is 5.91. The van der Waals surface area contributed by atoms with E-state index in [1.54, 1.807) is 0 Å². The van der Waals surface area contributed by atoms with Gasteiger partial charge in [-0.3, -0.25) is 0 Å². The Kier molecular flexibility index (Phi) is 6.64. The molecule has 0 fully saturated rings. The predicted molar refractivity (Wildman–Crippen MR) is 136 cm³/mol. The van der Waals surface area contributed by atoms with Crippen LogP contribution in [0.25, 0.3) is 11.1 Å². The molecule has 0 aromatic heterocycles. The predicted octanol–water partition coefficient (Wildman–Crippen LogP) is 7.79. The molecular weight excluding hydrogens is 442 g/mol. The highest BCUT2D eigenvalue weighted by atomic mass is 16.4. The summed E-state index contributed by atoms with van der Waals surface area (Å²) in [5, 5.41) is 35.6. The summed E-state index contributed by atoms with van der Waals surface area (Å²) in [6.07, 6.45) is 0. The molecule has 8 nitrogen and oxygen atoms in total. The normalized spacial score (nSPS) is 11.4. The molecule has 0 unspecified atom stereocenters. The Balaban J connectivity index is 1.45. The van der Waals surface area contributed by atoms with Crippen LogP contribution in [-0.2, 0) is 0 Å². The Morgan fingerprint density at radius 1 is 0.686 bits per heavy atom. The summed E-state index contributed by atoms with van der Waals surface area (Å²) >= 11 is 0. The summed E-state index contributed by atoms with van der Waals surface area (Å²) in [6.45, 7) is 3.90. The number of aromatic carboxylic acids is 1. The fourth-order valence-corrected chi connectivity index (χ4v) is 3.36. The van der Waals surface area contributed by atoms with Crippen LogP contribution in [0.15, 0.2) is 99.3 Å². The van der Waals surface area contributed by atoms with Crippen LogP contribution in [0.1, 0.15) is 21.5 Å². The van der Waals surface area contributed by atoms with Gasteiger partial charge in [0.1, 0.15) is 11.3 Å². The number of nitrogens with zero attached hydrogens (tertiary/aromatic N) is 4. The van der Waals surface area contributed by atoms with Gasteiger partial charge in [-0.2, -0.15) is 20.5 Å². The van der Waals surface area contributed by atoms with Crippen LogP contribution in [0, 0.1) is 13.8 Å². The van der Waals surface area contributed by atoms with Crippen molar-refractivity contribution in [3.63, 3.8) is 0 Å². The lowest BCUT2D eigenvalue weighted by atomic mass is 10.1.